The molecule has 1 amide bonds. The number of hydrogen-bond acceptors (Lipinski definition) is 2. The van der Waals surface area contributed by atoms with E-state index < -0.39 is 12.0 Å². The zero-order valence-electron chi connectivity index (χ0n) is 9.43. The summed E-state index contributed by atoms with van der Waals surface area (Å²) < 4.78 is 0. The molecule has 2 N–H and O–H groups in total. The van der Waals surface area contributed by atoms with Gasteiger partial charge in [-0.15, -0.1) is 0 Å². The predicted molar refractivity (Wildman–Crippen MR) is 62.6 cm³/mol. The molecule has 0 heterocycles. The van der Waals surface area contributed by atoms with Crippen molar-refractivity contribution in [1.29, 1.82) is 0 Å². The highest BCUT2D eigenvalue weighted by Gasteiger charge is 2.24. The summed E-state index contributed by atoms with van der Waals surface area (Å²) in [7, 11) is 0. The van der Waals surface area contributed by atoms with Crippen LogP contribution in [0.5, 0.6) is 0 Å². The molecule has 0 radical (unpaired) electrons. The normalized spacial score (nSPS) is 16.2. The Morgan fingerprint density at radius 1 is 1.53 bits per heavy atom. The van der Waals surface area contributed by atoms with Gasteiger partial charge in [-0.2, -0.15) is 0 Å². The van der Waals surface area contributed by atoms with Gasteiger partial charge < -0.3 is 10.4 Å². The Hall–Kier alpha value is -1.84. The van der Waals surface area contributed by atoms with Crippen molar-refractivity contribution in [1.82, 2.24) is 5.32 Å². The molecule has 4 nitrogen and oxygen atoms in total. The number of carbonyl (C=O) groups is 2. The molecule has 1 saturated carbocycles. The second-order valence-electron chi connectivity index (χ2n) is 4.38. The SMILES string of the molecule is O=CNC(CC(=O)O)c1cccc(C2CC2)c1. The van der Waals surface area contributed by atoms with Crippen LogP contribution < -0.4 is 5.32 Å². The molecule has 0 saturated heterocycles. The molecule has 1 aromatic carbocycles. The Kier molecular flexibility index (Phi) is 3.42. The quantitative estimate of drug-likeness (QED) is 0.736. The van der Waals surface area contributed by atoms with Gasteiger partial charge in [-0.3, -0.25) is 9.59 Å². The second-order valence-corrected chi connectivity index (χ2v) is 4.38. The van der Waals surface area contributed by atoms with Crippen LogP contribution in [-0.4, -0.2) is 17.5 Å². The van der Waals surface area contributed by atoms with Gasteiger partial charge in [0.15, 0.2) is 0 Å². The first kappa shape index (κ1) is 11.6. The lowest BCUT2D eigenvalue weighted by Crippen LogP contribution is -2.22. The molecular weight excluding hydrogens is 218 g/mol. The van der Waals surface area contributed by atoms with Crippen LogP contribution in [0, 0.1) is 0 Å². The molecule has 2 rings (SSSR count). The van der Waals surface area contributed by atoms with E-state index in [1.807, 2.05) is 18.2 Å². The molecule has 0 spiro atoms. The standard InChI is InChI=1S/C13H15NO3/c15-8-14-12(7-13(16)17)11-3-1-2-10(6-11)9-4-5-9/h1-3,6,8-9,12H,4-5,7H2,(H,14,15)(H,16,17). The van der Waals surface area contributed by atoms with E-state index in [1.54, 1.807) is 0 Å². The molecule has 17 heavy (non-hydrogen) atoms. The van der Waals surface area contributed by atoms with Crippen molar-refractivity contribution >= 4 is 12.4 Å². The maximum atomic E-state index is 10.7. The van der Waals surface area contributed by atoms with Crippen LogP contribution in [0.25, 0.3) is 0 Å². The first-order valence-corrected chi connectivity index (χ1v) is 5.72. The fourth-order valence-corrected chi connectivity index (χ4v) is 1.98. The third-order valence-corrected chi connectivity index (χ3v) is 3.01. The van der Waals surface area contributed by atoms with Crippen LogP contribution in [0.3, 0.4) is 0 Å². The number of nitrogens with one attached hydrogen (secondary N) is 1. The number of carboxylic acids is 1. The molecular formula is C13H15NO3. The Bertz CT molecular complexity index is 426. The zero-order chi connectivity index (χ0) is 12.3. The van der Waals surface area contributed by atoms with Crippen LogP contribution in [0.15, 0.2) is 24.3 Å². The van der Waals surface area contributed by atoms with Gasteiger partial charge in [0.25, 0.3) is 0 Å². The summed E-state index contributed by atoms with van der Waals surface area (Å²) in [5, 5.41) is 11.4. The van der Waals surface area contributed by atoms with Crippen molar-refractivity contribution in [3.05, 3.63) is 35.4 Å². The van der Waals surface area contributed by atoms with Crippen LogP contribution in [0.4, 0.5) is 0 Å². The average molecular weight is 233 g/mol. The monoisotopic (exact) mass is 233 g/mol. The summed E-state index contributed by atoms with van der Waals surface area (Å²) in [6.07, 6.45) is 2.87. The minimum atomic E-state index is -0.916. The maximum absolute atomic E-state index is 10.7. The number of rotatable bonds is 6. The van der Waals surface area contributed by atoms with E-state index in [-0.39, 0.29) is 6.42 Å². The topological polar surface area (TPSA) is 66.4 Å². The number of carbonyl (C=O) groups excluding carboxylic acids is 1. The molecule has 1 aliphatic carbocycles. The van der Waals surface area contributed by atoms with Crippen LogP contribution in [0.1, 0.15) is 42.3 Å². The van der Waals surface area contributed by atoms with Crippen molar-refractivity contribution in [2.45, 2.75) is 31.2 Å². The van der Waals surface area contributed by atoms with Crippen LogP contribution >= 0.6 is 0 Å². The zero-order valence-corrected chi connectivity index (χ0v) is 9.43. The molecule has 1 fully saturated rings. The van der Waals surface area contributed by atoms with E-state index in [9.17, 15) is 9.59 Å². The smallest absolute Gasteiger partial charge is 0.305 e. The molecule has 4 heteroatoms. The van der Waals surface area contributed by atoms with Gasteiger partial charge >= 0.3 is 5.97 Å². The largest absolute Gasteiger partial charge is 0.481 e. The first-order chi connectivity index (χ1) is 8.20. The van der Waals surface area contributed by atoms with Crippen LogP contribution in [-0.2, 0) is 9.59 Å². The third kappa shape index (κ3) is 3.06. The van der Waals surface area contributed by atoms with E-state index in [0.29, 0.717) is 12.3 Å². The summed E-state index contributed by atoms with van der Waals surface area (Å²) in [5.41, 5.74) is 2.11. The van der Waals surface area contributed by atoms with Gasteiger partial charge in [-0.25, -0.2) is 0 Å². The Morgan fingerprint density at radius 3 is 2.88 bits per heavy atom. The first-order valence-electron chi connectivity index (χ1n) is 5.72. The number of aliphatic carboxylic acids is 1. The van der Waals surface area contributed by atoms with Crippen molar-refractivity contribution < 1.29 is 14.7 Å². The van der Waals surface area contributed by atoms with Crippen molar-refractivity contribution in [3.8, 4) is 0 Å². The highest BCUT2D eigenvalue weighted by molar-refractivity contribution is 5.68. The lowest BCUT2D eigenvalue weighted by molar-refractivity contribution is -0.137. The highest BCUT2D eigenvalue weighted by Crippen LogP contribution is 2.40. The Morgan fingerprint density at radius 2 is 2.29 bits per heavy atom. The predicted octanol–water partition coefficient (Wildman–Crippen LogP) is 1.83. The molecule has 1 aliphatic rings. The summed E-state index contributed by atoms with van der Waals surface area (Å²) in [6, 6.07) is 7.39. The number of amides is 1. The number of carboxylic acid groups (broad SMARTS) is 1. The van der Waals surface area contributed by atoms with E-state index in [0.717, 1.165) is 5.56 Å². The minimum absolute atomic E-state index is 0.0904. The summed E-state index contributed by atoms with van der Waals surface area (Å²) >= 11 is 0. The lowest BCUT2D eigenvalue weighted by atomic mass is 10.00. The minimum Gasteiger partial charge on any atom is -0.481 e. The molecule has 1 atom stereocenters. The fourth-order valence-electron chi connectivity index (χ4n) is 1.98. The van der Waals surface area contributed by atoms with E-state index in [4.69, 9.17) is 5.11 Å². The molecule has 1 aromatic rings. The van der Waals surface area contributed by atoms with Gasteiger partial charge in [-0.05, 0) is 29.9 Å². The Balaban J connectivity index is 2.18. The summed E-state index contributed by atoms with van der Waals surface area (Å²) in [4.78, 5) is 21.2. The van der Waals surface area contributed by atoms with Gasteiger partial charge in [0.05, 0.1) is 12.5 Å². The van der Waals surface area contributed by atoms with Crippen molar-refractivity contribution in [2.24, 2.45) is 0 Å². The highest BCUT2D eigenvalue weighted by atomic mass is 16.4. The number of hydrogen-bond donors (Lipinski definition) is 2. The van der Waals surface area contributed by atoms with Crippen molar-refractivity contribution in [2.75, 3.05) is 0 Å². The number of benzene rings is 1. The molecule has 0 bridgehead atoms. The van der Waals surface area contributed by atoms with Gasteiger partial charge in [0.2, 0.25) is 6.41 Å². The van der Waals surface area contributed by atoms with Gasteiger partial charge in [-0.1, -0.05) is 24.3 Å². The third-order valence-electron chi connectivity index (χ3n) is 3.01. The van der Waals surface area contributed by atoms with Gasteiger partial charge in [0.1, 0.15) is 0 Å². The van der Waals surface area contributed by atoms with E-state index in [2.05, 4.69) is 11.4 Å². The second kappa shape index (κ2) is 4.99. The van der Waals surface area contributed by atoms with E-state index >= 15 is 0 Å². The maximum Gasteiger partial charge on any atom is 0.305 e. The summed E-state index contributed by atoms with van der Waals surface area (Å²) in [6.45, 7) is 0. The molecule has 1 unspecified atom stereocenters. The summed E-state index contributed by atoms with van der Waals surface area (Å²) in [5.74, 6) is -0.294. The van der Waals surface area contributed by atoms with E-state index in [1.165, 1.54) is 18.4 Å². The van der Waals surface area contributed by atoms with Crippen molar-refractivity contribution in [3.63, 3.8) is 0 Å². The molecule has 0 aliphatic heterocycles. The Labute approximate surface area is 99.6 Å². The van der Waals surface area contributed by atoms with Gasteiger partial charge in [0, 0.05) is 0 Å². The molecule has 0 aromatic heterocycles. The lowest BCUT2D eigenvalue weighted by Gasteiger charge is -2.15. The average Bonchev–Trinajstić information content (AvgIpc) is 3.12. The molecule has 90 valence electrons. The van der Waals surface area contributed by atoms with Crippen LogP contribution in [0.2, 0.25) is 0 Å². The fraction of sp³-hybridized carbons (Fsp3) is 0.385.